The van der Waals surface area contributed by atoms with Gasteiger partial charge in [0.1, 0.15) is 5.82 Å². The van der Waals surface area contributed by atoms with Crippen LogP contribution in [-0.2, 0) is 10.2 Å². The fourth-order valence-corrected chi connectivity index (χ4v) is 4.80. The highest BCUT2D eigenvalue weighted by molar-refractivity contribution is 7.86. The van der Waals surface area contributed by atoms with Gasteiger partial charge in [0.15, 0.2) is 0 Å². The lowest BCUT2D eigenvalue weighted by Gasteiger charge is -2.34. The maximum atomic E-state index is 13.0. The van der Waals surface area contributed by atoms with E-state index >= 15 is 0 Å². The molecular weight excluding hydrogens is 377 g/mol. The van der Waals surface area contributed by atoms with Crippen molar-refractivity contribution in [2.24, 2.45) is 0 Å². The van der Waals surface area contributed by atoms with Gasteiger partial charge < -0.3 is 4.90 Å². The van der Waals surface area contributed by atoms with E-state index in [9.17, 15) is 17.6 Å². The molecule has 1 aliphatic heterocycles. The molecule has 1 amide bonds. The minimum absolute atomic E-state index is 0.106. The molecule has 3 rings (SSSR count). The van der Waals surface area contributed by atoms with E-state index in [1.807, 2.05) is 6.07 Å². The fourth-order valence-electron chi connectivity index (χ4n) is 2.73. The van der Waals surface area contributed by atoms with Crippen LogP contribution < -0.4 is 0 Å². The Balaban J connectivity index is 1.67. The first kappa shape index (κ1) is 19.0. The molecule has 140 valence electrons. The first-order valence-corrected chi connectivity index (χ1v) is 10.3. The van der Waals surface area contributed by atoms with Crippen LogP contribution in [0.5, 0.6) is 0 Å². The Morgan fingerprint density at radius 1 is 1.04 bits per heavy atom. The summed E-state index contributed by atoms with van der Waals surface area (Å²) in [6, 6.07) is 9.75. The van der Waals surface area contributed by atoms with Crippen LogP contribution in [0.3, 0.4) is 0 Å². The Morgan fingerprint density at radius 3 is 2.23 bits per heavy atom. The van der Waals surface area contributed by atoms with E-state index in [2.05, 4.69) is 0 Å². The van der Waals surface area contributed by atoms with Gasteiger partial charge in [-0.15, -0.1) is 11.3 Å². The van der Waals surface area contributed by atoms with E-state index in [4.69, 9.17) is 0 Å². The molecule has 2 aromatic rings. The van der Waals surface area contributed by atoms with Gasteiger partial charge in [-0.1, -0.05) is 12.1 Å². The van der Waals surface area contributed by atoms with Crippen LogP contribution in [0.4, 0.5) is 4.39 Å². The van der Waals surface area contributed by atoms with Crippen molar-refractivity contribution in [1.29, 1.82) is 0 Å². The van der Waals surface area contributed by atoms with Crippen molar-refractivity contribution in [3.8, 4) is 10.4 Å². The molecule has 1 aromatic heterocycles. The number of rotatable bonds is 4. The van der Waals surface area contributed by atoms with E-state index in [-0.39, 0.29) is 24.8 Å². The second-order valence-corrected chi connectivity index (χ2v) is 9.38. The number of hydrogen-bond donors (Lipinski definition) is 0. The molecule has 0 bridgehead atoms. The Kier molecular flexibility index (Phi) is 5.42. The third-order valence-electron chi connectivity index (χ3n) is 4.26. The molecule has 0 saturated carbocycles. The van der Waals surface area contributed by atoms with Crippen molar-refractivity contribution in [3.05, 3.63) is 47.1 Å². The summed E-state index contributed by atoms with van der Waals surface area (Å²) in [5.41, 5.74) is 0.859. The monoisotopic (exact) mass is 397 g/mol. The molecule has 0 aliphatic carbocycles. The van der Waals surface area contributed by atoms with Crippen molar-refractivity contribution < 1.29 is 17.6 Å². The van der Waals surface area contributed by atoms with Gasteiger partial charge in [-0.25, -0.2) is 4.39 Å². The van der Waals surface area contributed by atoms with Gasteiger partial charge >= 0.3 is 0 Å². The quantitative estimate of drug-likeness (QED) is 0.794. The number of hydrogen-bond acceptors (Lipinski definition) is 4. The summed E-state index contributed by atoms with van der Waals surface area (Å²) in [5, 5.41) is 0. The standard InChI is InChI=1S/C17H20FN3O3S2/c1-19(2)26(23,24)21-11-9-20(10-12-21)17(22)16-8-7-15(25-16)13-3-5-14(18)6-4-13/h3-8H,9-12H2,1-2H3. The Bertz CT molecular complexity index is 886. The van der Waals surface area contributed by atoms with Crippen LogP contribution in [0, 0.1) is 5.82 Å². The molecule has 0 spiro atoms. The average molecular weight is 397 g/mol. The number of piperazine rings is 1. The maximum absolute atomic E-state index is 13.0. The van der Waals surface area contributed by atoms with Crippen LogP contribution in [0.25, 0.3) is 10.4 Å². The second kappa shape index (κ2) is 7.43. The van der Waals surface area contributed by atoms with Gasteiger partial charge in [0, 0.05) is 45.2 Å². The first-order chi connectivity index (χ1) is 12.3. The highest BCUT2D eigenvalue weighted by Crippen LogP contribution is 2.29. The summed E-state index contributed by atoms with van der Waals surface area (Å²) in [6.07, 6.45) is 0. The van der Waals surface area contributed by atoms with Crippen molar-refractivity contribution in [1.82, 2.24) is 13.5 Å². The topological polar surface area (TPSA) is 60.9 Å². The molecule has 9 heteroatoms. The lowest BCUT2D eigenvalue weighted by atomic mass is 10.2. The molecule has 0 N–H and O–H groups in total. The SMILES string of the molecule is CN(C)S(=O)(=O)N1CCN(C(=O)c2ccc(-c3ccc(F)cc3)s2)CC1. The third-order valence-corrected chi connectivity index (χ3v) is 7.32. The summed E-state index contributed by atoms with van der Waals surface area (Å²) in [6.45, 7) is 1.27. The minimum atomic E-state index is -3.45. The smallest absolute Gasteiger partial charge is 0.281 e. The van der Waals surface area contributed by atoms with Gasteiger partial charge in [-0.2, -0.15) is 17.0 Å². The van der Waals surface area contributed by atoms with E-state index in [1.165, 1.54) is 46.2 Å². The number of benzene rings is 1. The van der Waals surface area contributed by atoms with E-state index < -0.39 is 10.2 Å². The molecule has 0 atom stereocenters. The molecule has 2 heterocycles. The van der Waals surface area contributed by atoms with Gasteiger partial charge in [-0.05, 0) is 29.8 Å². The highest BCUT2D eigenvalue weighted by Gasteiger charge is 2.30. The summed E-state index contributed by atoms with van der Waals surface area (Å²) in [4.78, 5) is 15.8. The number of amides is 1. The van der Waals surface area contributed by atoms with E-state index in [0.29, 0.717) is 18.0 Å². The van der Waals surface area contributed by atoms with Gasteiger partial charge in [0.25, 0.3) is 16.1 Å². The van der Waals surface area contributed by atoms with Crippen LogP contribution in [0.15, 0.2) is 36.4 Å². The Labute approximate surface area is 156 Å². The molecule has 1 aromatic carbocycles. The number of carbonyl (C=O) groups excluding carboxylic acids is 1. The minimum Gasteiger partial charge on any atom is -0.335 e. The van der Waals surface area contributed by atoms with Crippen molar-refractivity contribution >= 4 is 27.5 Å². The molecule has 26 heavy (non-hydrogen) atoms. The molecule has 1 saturated heterocycles. The fraction of sp³-hybridized carbons (Fsp3) is 0.353. The Hall–Kier alpha value is -1.81. The normalized spacial score (nSPS) is 16.2. The predicted octanol–water partition coefficient (Wildman–Crippen LogP) is 2.12. The summed E-state index contributed by atoms with van der Waals surface area (Å²) in [5.74, 6) is -0.405. The third kappa shape index (κ3) is 3.80. The van der Waals surface area contributed by atoms with Gasteiger partial charge in [0.2, 0.25) is 0 Å². The molecule has 6 nitrogen and oxygen atoms in total. The van der Waals surface area contributed by atoms with Crippen LogP contribution in [0.1, 0.15) is 9.67 Å². The van der Waals surface area contributed by atoms with Crippen molar-refractivity contribution in [2.45, 2.75) is 0 Å². The lowest BCUT2D eigenvalue weighted by molar-refractivity contribution is 0.0700. The molecule has 1 fully saturated rings. The number of nitrogens with zero attached hydrogens (tertiary/aromatic N) is 3. The van der Waals surface area contributed by atoms with Gasteiger partial charge in [0.05, 0.1) is 4.88 Å². The van der Waals surface area contributed by atoms with Gasteiger partial charge in [-0.3, -0.25) is 4.79 Å². The molecule has 0 unspecified atom stereocenters. The zero-order valence-electron chi connectivity index (χ0n) is 14.6. The second-order valence-electron chi connectivity index (χ2n) is 6.15. The zero-order valence-corrected chi connectivity index (χ0v) is 16.2. The predicted molar refractivity (Wildman–Crippen MR) is 99.8 cm³/mol. The van der Waals surface area contributed by atoms with Crippen LogP contribution >= 0.6 is 11.3 Å². The number of halogens is 1. The van der Waals surface area contributed by atoms with E-state index in [1.54, 1.807) is 23.1 Å². The zero-order chi connectivity index (χ0) is 18.9. The number of thiophene rings is 1. The molecule has 1 aliphatic rings. The van der Waals surface area contributed by atoms with Crippen LogP contribution in [0.2, 0.25) is 0 Å². The first-order valence-electron chi connectivity index (χ1n) is 8.11. The van der Waals surface area contributed by atoms with Crippen molar-refractivity contribution in [3.63, 3.8) is 0 Å². The summed E-state index contributed by atoms with van der Waals surface area (Å²) >= 11 is 1.35. The highest BCUT2D eigenvalue weighted by atomic mass is 32.2. The summed E-state index contributed by atoms with van der Waals surface area (Å²) in [7, 11) is -0.457. The van der Waals surface area contributed by atoms with Crippen molar-refractivity contribution in [2.75, 3.05) is 40.3 Å². The molecular formula is C17H20FN3O3S2. The summed E-state index contributed by atoms with van der Waals surface area (Å²) < 4.78 is 39.9. The largest absolute Gasteiger partial charge is 0.335 e. The lowest BCUT2D eigenvalue weighted by Crippen LogP contribution is -2.52. The Morgan fingerprint density at radius 2 is 1.65 bits per heavy atom. The maximum Gasteiger partial charge on any atom is 0.281 e. The van der Waals surface area contributed by atoms with E-state index in [0.717, 1.165) is 10.4 Å². The average Bonchev–Trinajstić information content (AvgIpc) is 3.11. The molecule has 0 radical (unpaired) electrons. The van der Waals surface area contributed by atoms with Crippen LogP contribution in [-0.4, -0.2) is 68.1 Å². The number of carbonyl (C=O) groups is 1.